The van der Waals surface area contributed by atoms with Gasteiger partial charge in [0.1, 0.15) is 0 Å². The molecule has 0 saturated heterocycles. The molecule has 0 N–H and O–H groups in total. The smallest absolute Gasteiger partial charge is 0.255 e. The molecule has 1 aliphatic rings. The summed E-state index contributed by atoms with van der Waals surface area (Å²) in [6, 6.07) is 11.7. The zero-order chi connectivity index (χ0) is 17.2. The summed E-state index contributed by atoms with van der Waals surface area (Å²) in [5.41, 5.74) is 2.59. The highest BCUT2D eigenvalue weighted by Crippen LogP contribution is 2.26. The normalized spacial score (nSPS) is 16.8. The van der Waals surface area contributed by atoms with Crippen molar-refractivity contribution in [2.75, 3.05) is 20.3 Å². The lowest BCUT2D eigenvalue weighted by molar-refractivity contribution is 0.0643. The van der Waals surface area contributed by atoms with Crippen LogP contribution in [-0.2, 0) is 11.3 Å². The van der Waals surface area contributed by atoms with Crippen molar-refractivity contribution >= 4 is 16.8 Å². The molecule has 1 amide bonds. The molecule has 0 aliphatic carbocycles. The maximum Gasteiger partial charge on any atom is 0.255 e. The van der Waals surface area contributed by atoms with Crippen LogP contribution in [0.2, 0.25) is 0 Å². The zero-order valence-electron chi connectivity index (χ0n) is 14.1. The van der Waals surface area contributed by atoms with Gasteiger partial charge in [0.2, 0.25) is 0 Å². The molecule has 1 aromatic carbocycles. The number of aromatic nitrogens is 3. The summed E-state index contributed by atoms with van der Waals surface area (Å²) in [5.74, 6) is 0.0356. The van der Waals surface area contributed by atoms with Crippen molar-refractivity contribution in [3.63, 3.8) is 0 Å². The molecule has 0 radical (unpaired) electrons. The molecule has 1 unspecified atom stereocenters. The number of amides is 1. The van der Waals surface area contributed by atoms with Crippen LogP contribution in [0.3, 0.4) is 0 Å². The molecule has 1 aliphatic heterocycles. The largest absolute Gasteiger partial charge is 0.385 e. The standard InChI is InChI=1S/C19H20N4O2/c1-25-11-8-15-13-22(12-14-6-10-21-23(14)15)19(24)17-7-9-20-18-5-3-2-4-16(17)18/h2-7,9-10,15H,8,11-13H2,1H3. The van der Waals surface area contributed by atoms with E-state index in [0.717, 1.165) is 23.0 Å². The highest BCUT2D eigenvalue weighted by molar-refractivity contribution is 6.05. The first kappa shape index (κ1) is 15.8. The Labute approximate surface area is 146 Å². The molecule has 0 spiro atoms. The first-order valence-corrected chi connectivity index (χ1v) is 8.42. The van der Waals surface area contributed by atoms with Gasteiger partial charge < -0.3 is 9.64 Å². The van der Waals surface area contributed by atoms with Crippen molar-refractivity contribution < 1.29 is 9.53 Å². The number of hydrogen-bond donors (Lipinski definition) is 0. The van der Waals surface area contributed by atoms with Crippen LogP contribution in [0.15, 0.2) is 48.8 Å². The van der Waals surface area contributed by atoms with Gasteiger partial charge in [-0.3, -0.25) is 14.5 Å². The van der Waals surface area contributed by atoms with Crippen LogP contribution in [0.25, 0.3) is 10.9 Å². The quantitative estimate of drug-likeness (QED) is 0.735. The van der Waals surface area contributed by atoms with Gasteiger partial charge in [0.15, 0.2) is 0 Å². The number of pyridine rings is 1. The molecule has 2 aromatic heterocycles. The van der Waals surface area contributed by atoms with E-state index in [1.165, 1.54) is 0 Å². The van der Waals surface area contributed by atoms with E-state index >= 15 is 0 Å². The van der Waals surface area contributed by atoms with Gasteiger partial charge in [0.05, 0.1) is 29.4 Å². The first-order chi connectivity index (χ1) is 12.3. The molecule has 1 atom stereocenters. The van der Waals surface area contributed by atoms with Gasteiger partial charge in [0, 0.05) is 38.0 Å². The summed E-state index contributed by atoms with van der Waals surface area (Å²) in [5, 5.41) is 5.31. The Hall–Kier alpha value is -2.73. The molecular formula is C19H20N4O2. The monoisotopic (exact) mass is 336 g/mol. The van der Waals surface area contributed by atoms with Gasteiger partial charge in [0.25, 0.3) is 5.91 Å². The number of benzene rings is 1. The molecule has 6 nitrogen and oxygen atoms in total. The minimum absolute atomic E-state index is 0.0356. The summed E-state index contributed by atoms with van der Waals surface area (Å²) in [6.45, 7) is 1.84. The Morgan fingerprint density at radius 2 is 2.12 bits per heavy atom. The number of methoxy groups -OCH3 is 1. The van der Waals surface area contributed by atoms with Crippen molar-refractivity contribution in [1.82, 2.24) is 19.7 Å². The Balaban J connectivity index is 1.66. The zero-order valence-corrected chi connectivity index (χ0v) is 14.1. The molecule has 128 valence electrons. The lowest BCUT2D eigenvalue weighted by Gasteiger charge is -2.34. The number of hydrogen-bond acceptors (Lipinski definition) is 4. The fraction of sp³-hybridized carbons (Fsp3) is 0.316. The number of carbonyl (C=O) groups excluding carboxylic acids is 1. The number of fused-ring (bicyclic) bond motifs is 2. The third kappa shape index (κ3) is 2.89. The minimum atomic E-state index is 0.0356. The second-order valence-corrected chi connectivity index (χ2v) is 6.26. The second-order valence-electron chi connectivity index (χ2n) is 6.26. The summed E-state index contributed by atoms with van der Waals surface area (Å²) in [6.07, 6.45) is 4.32. The Kier molecular flexibility index (Phi) is 4.19. The number of para-hydroxylation sites is 1. The summed E-state index contributed by atoms with van der Waals surface area (Å²) < 4.78 is 7.24. The van der Waals surface area contributed by atoms with E-state index in [4.69, 9.17) is 4.74 Å². The minimum Gasteiger partial charge on any atom is -0.385 e. The highest BCUT2D eigenvalue weighted by atomic mass is 16.5. The van der Waals surface area contributed by atoms with Crippen LogP contribution in [0.5, 0.6) is 0 Å². The Morgan fingerprint density at radius 1 is 1.24 bits per heavy atom. The van der Waals surface area contributed by atoms with Gasteiger partial charge in [-0.15, -0.1) is 0 Å². The molecule has 3 heterocycles. The van der Waals surface area contributed by atoms with E-state index in [2.05, 4.69) is 10.1 Å². The predicted octanol–water partition coefficient (Wildman–Crippen LogP) is 2.66. The average Bonchev–Trinajstić information content (AvgIpc) is 3.13. The maximum atomic E-state index is 13.2. The Bertz CT molecular complexity index is 900. The molecule has 3 aromatic rings. The van der Waals surface area contributed by atoms with Crippen molar-refractivity contribution in [3.8, 4) is 0 Å². The van der Waals surface area contributed by atoms with Gasteiger partial charge in [-0.2, -0.15) is 5.10 Å². The van der Waals surface area contributed by atoms with Crippen LogP contribution in [-0.4, -0.2) is 45.8 Å². The number of rotatable bonds is 4. The van der Waals surface area contributed by atoms with Gasteiger partial charge >= 0.3 is 0 Å². The summed E-state index contributed by atoms with van der Waals surface area (Å²) in [7, 11) is 1.69. The van der Waals surface area contributed by atoms with Crippen LogP contribution in [0, 0.1) is 0 Å². The van der Waals surface area contributed by atoms with E-state index in [-0.39, 0.29) is 11.9 Å². The van der Waals surface area contributed by atoms with Crippen LogP contribution >= 0.6 is 0 Å². The van der Waals surface area contributed by atoms with Crippen molar-refractivity contribution in [1.29, 1.82) is 0 Å². The maximum absolute atomic E-state index is 13.2. The fourth-order valence-electron chi connectivity index (χ4n) is 3.46. The number of ether oxygens (including phenoxy) is 1. The van der Waals surface area contributed by atoms with E-state index < -0.39 is 0 Å². The van der Waals surface area contributed by atoms with Crippen LogP contribution in [0.4, 0.5) is 0 Å². The van der Waals surface area contributed by atoms with Crippen LogP contribution < -0.4 is 0 Å². The topological polar surface area (TPSA) is 60.2 Å². The number of carbonyl (C=O) groups is 1. The lowest BCUT2D eigenvalue weighted by Crippen LogP contribution is -2.41. The van der Waals surface area contributed by atoms with Crippen molar-refractivity contribution in [2.24, 2.45) is 0 Å². The van der Waals surface area contributed by atoms with E-state index in [0.29, 0.717) is 25.3 Å². The third-order valence-corrected chi connectivity index (χ3v) is 4.70. The molecule has 4 rings (SSSR count). The summed E-state index contributed by atoms with van der Waals surface area (Å²) >= 11 is 0. The predicted molar refractivity (Wildman–Crippen MR) is 94.2 cm³/mol. The van der Waals surface area contributed by atoms with E-state index in [1.54, 1.807) is 25.6 Å². The molecule has 0 fully saturated rings. The molecular weight excluding hydrogens is 316 g/mol. The first-order valence-electron chi connectivity index (χ1n) is 8.42. The lowest BCUT2D eigenvalue weighted by atomic mass is 10.1. The highest BCUT2D eigenvalue weighted by Gasteiger charge is 2.29. The van der Waals surface area contributed by atoms with Crippen LogP contribution in [0.1, 0.15) is 28.5 Å². The summed E-state index contributed by atoms with van der Waals surface area (Å²) in [4.78, 5) is 19.5. The molecule has 0 saturated carbocycles. The van der Waals surface area contributed by atoms with Crippen molar-refractivity contribution in [3.05, 3.63) is 60.0 Å². The number of nitrogens with zero attached hydrogens (tertiary/aromatic N) is 4. The average molecular weight is 336 g/mol. The van der Waals surface area contributed by atoms with Crippen molar-refractivity contribution in [2.45, 2.75) is 19.0 Å². The van der Waals surface area contributed by atoms with Gasteiger partial charge in [-0.1, -0.05) is 18.2 Å². The molecule has 25 heavy (non-hydrogen) atoms. The molecule has 6 heteroatoms. The Morgan fingerprint density at radius 3 is 3.00 bits per heavy atom. The fourth-order valence-corrected chi connectivity index (χ4v) is 3.46. The van der Waals surface area contributed by atoms with Gasteiger partial charge in [-0.05, 0) is 24.6 Å². The van der Waals surface area contributed by atoms with Gasteiger partial charge in [-0.25, -0.2) is 0 Å². The molecule has 0 bridgehead atoms. The van der Waals surface area contributed by atoms with E-state index in [1.807, 2.05) is 39.9 Å². The SMILES string of the molecule is COCCC1CN(C(=O)c2ccnc3ccccc23)Cc2ccnn21. The third-order valence-electron chi connectivity index (χ3n) is 4.70. The second kappa shape index (κ2) is 6.64. The van der Waals surface area contributed by atoms with E-state index in [9.17, 15) is 4.79 Å².